The summed E-state index contributed by atoms with van der Waals surface area (Å²) in [6, 6.07) is 30.0. The molecule has 1 heteroatoms. The highest BCUT2D eigenvalue weighted by Crippen LogP contribution is 2.23. The lowest BCUT2D eigenvalue weighted by Crippen LogP contribution is -1.94. The van der Waals surface area contributed by atoms with Crippen LogP contribution >= 0.6 is 0 Å². The van der Waals surface area contributed by atoms with Gasteiger partial charge in [0.15, 0.2) is 0 Å². The number of hydrogen-bond donors (Lipinski definition) is 0. The van der Waals surface area contributed by atoms with E-state index in [4.69, 9.17) is 4.74 Å². The summed E-state index contributed by atoms with van der Waals surface area (Å²) in [5.74, 6) is 7.53. The van der Waals surface area contributed by atoms with E-state index in [-0.39, 0.29) is 0 Å². The maximum absolute atomic E-state index is 5.73. The van der Waals surface area contributed by atoms with Crippen LogP contribution < -0.4 is 4.74 Å². The predicted molar refractivity (Wildman–Crippen MR) is 136 cm³/mol. The molecule has 0 aliphatic heterocycles. The number of aryl methyl sites for hydroxylation is 1. The van der Waals surface area contributed by atoms with Crippen LogP contribution in [0.25, 0.3) is 21.9 Å². The van der Waals surface area contributed by atoms with E-state index in [1.165, 1.54) is 40.3 Å². The second kappa shape index (κ2) is 10.7. The third-order valence-electron chi connectivity index (χ3n) is 5.63. The average molecular weight is 419 g/mol. The van der Waals surface area contributed by atoms with Gasteiger partial charge in [-0.25, -0.2) is 0 Å². The molecule has 0 saturated carbocycles. The standard InChI is InChI=1S/C31H30O/c1-3-5-6-24-9-14-27(15-10-24)28-16-11-25(12-17-28)7-8-26-13-18-30-23-31(32-21-4-2)20-19-29(30)22-26/h9-20,22-23H,3-6,21H2,1-2H3. The Hall–Kier alpha value is -3.50. The Morgan fingerprint density at radius 2 is 1.25 bits per heavy atom. The maximum atomic E-state index is 5.73. The lowest BCUT2D eigenvalue weighted by molar-refractivity contribution is 0.318. The van der Waals surface area contributed by atoms with E-state index in [0.29, 0.717) is 0 Å². The van der Waals surface area contributed by atoms with Crippen LogP contribution in [-0.4, -0.2) is 6.61 Å². The molecule has 0 aromatic heterocycles. The summed E-state index contributed by atoms with van der Waals surface area (Å²) in [5, 5.41) is 2.35. The van der Waals surface area contributed by atoms with Crippen LogP contribution in [0.1, 0.15) is 49.8 Å². The normalized spacial score (nSPS) is 10.6. The van der Waals surface area contributed by atoms with Crippen molar-refractivity contribution < 1.29 is 4.74 Å². The largest absolute Gasteiger partial charge is 0.494 e. The Bertz CT molecular complexity index is 1220. The number of fused-ring (bicyclic) bond motifs is 1. The van der Waals surface area contributed by atoms with Crippen molar-refractivity contribution in [2.45, 2.75) is 39.5 Å². The molecule has 0 spiro atoms. The Morgan fingerprint density at radius 3 is 1.97 bits per heavy atom. The number of rotatable bonds is 7. The summed E-state index contributed by atoms with van der Waals surface area (Å²) in [6.45, 7) is 5.10. The summed E-state index contributed by atoms with van der Waals surface area (Å²) < 4.78 is 5.73. The van der Waals surface area contributed by atoms with E-state index in [0.717, 1.165) is 36.3 Å². The zero-order valence-corrected chi connectivity index (χ0v) is 19.0. The molecule has 0 heterocycles. The number of ether oxygens (including phenoxy) is 1. The molecule has 0 bridgehead atoms. The van der Waals surface area contributed by atoms with Crippen molar-refractivity contribution in [2.24, 2.45) is 0 Å². The molecule has 0 saturated heterocycles. The van der Waals surface area contributed by atoms with Gasteiger partial charge in [0.1, 0.15) is 5.75 Å². The second-order valence-corrected chi connectivity index (χ2v) is 8.20. The first-order valence-electron chi connectivity index (χ1n) is 11.6. The summed E-state index contributed by atoms with van der Waals surface area (Å²) in [5.41, 5.74) is 5.94. The molecular weight excluding hydrogens is 388 g/mol. The SMILES string of the molecule is CCCCc1ccc(-c2ccc(C#Cc3ccc4cc(OCCC)ccc4c3)cc2)cc1. The Balaban J connectivity index is 1.45. The number of unbranched alkanes of at least 4 members (excludes halogenated alkanes) is 1. The molecule has 160 valence electrons. The van der Waals surface area contributed by atoms with E-state index in [9.17, 15) is 0 Å². The van der Waals surface area contributed by atoms with Crippen molar-refractivity contribution in [2.75, 3.05) is 6.61 Å². The molecule has 0 N–H and O–H groups in total. The van der Waals surface area contributed by atoms with Gasteiger partial charge in [-0.2, -0.15) is 0 Å². The first-order chi connectivity index (χ1) is 15.7. The van der Waals surface area contributed by atoms with E-state index in [1.54, 1.807) is 0 Å². The van der Waals surface area contributed by atoms with Gasteiger partial charge in [0, 0.05) is 11.1 Å². The molecule has 1 nitrogen and oxygen atoms in total. The van der Waals surface area contributed by atoms with Crippen LogP contribution in [0.5, 0.6) is 5.75 Å². The highest BCUT2D eigenvalue weighted by atomic mass is 16.5. The van der Waals surface area contributed by atoms with Crippen LogP contribution in [0.2, 0.25) is 0 Å². The smallest absolute Gasteiger partial charge is 0.119 e. The van der Waals surface area contributed by atoms with Crippen LogP contribution in [0.4, 0.5) is 0 Å². The first-order valence-corrected chi connectivity index (χ1v) is 11.6. The van der Waals surface area contributed by atoms with Crippen molar-refractivity contribution in [1.82, 2.24) is 0 Å². The zero-order chi connectivity index (χ0) is 22.2. The van der Waals surface area contributed by atoms with Gasteiger partial charge >= 0.3 is 0 Å². The second-order valence-electron chi connectivity index (χ2n) is 8.20. The molecule has 0 aliphatic rings. The lowest BCUT2D eigenvalue weighted by Gasteiger charge is -2.06. The molecule has 0 unspecified atom stereocenters. The average Bonchev–Trinajstić information content (AvgIpc) is 2.85. The molecule has 0 radical (unpaired) electrons. The van der Waals surface area contributed by atoms with Gasteiger partial charge in [-0.3, -0.25) is 0 Å². The molecule has 0 amide bonds. The third kappa shape index (κ3) is 5.59. The summed E-state index contributed by atoms with van der Waals surface area (Å²) >= 11 is 0. The fourth-order valence-corrected chi connectivity index (χ4v) is 3.75. The van der Waals surface area contributed by atoms with Gasteiger partial charge in [0.2, 0.25) is 0 Å². The molecule has 4 rings (SSSR count). The third-order valence-corrected chi connectivity index (χ3v) is 5.63. The van der Waals surface area contributed by atoms with E-state index >= 15 is 0 Å². The van der Waals surface area contributed by atoms with Crippen LogP contribution in [0, 0.1) is 11.8 Å². The monoisotopic (exact) mass is 418 g/mol. The van der Waals surface area contributed by atoms with Crippen molar-refractivity contribution >= 4 is 10.8 Å². The van der Waals surface area contributed by atoms with Crippen molar-refractivity contribution in [3.8, 4) is 28.7 Å². The quantitative estimate of drug-likeness (QED) is 0.276. The van der Waals surface area contributed by atoms with E-state index in [2.05, 4.69) is 105 Å². The first kappa shape index (κ1) is 21.7. The van der Waals surface area contributed by atoms with Gasteiger partial charge in [-0.05, 0) is 83.1 Å². The molecule has 0 atom stereocenters. The van der Waals surface area contributed by atoms with Crippen molar-refractivity contribution in [3.63, 3.8) is 0 Å². The molecule has 0 fully saturated rings. The summed E-state index contributed by atoms with van der Waals surface area (Å²) in [7, 11) is 0. The highest BCUT2D eigenvalue weighted by molar-refractivity contribution is 5.85. The molecule has 4 aromatic rings. The minimum atomic E-state index is 0.748. The Labute approximate surface area is 192 Å². The fraction of sp³-hybridized carbons (Fsp3) is 0.226. The van der Waals surface area contributed by atoms with Gasteiger partial charge < -0.3 is 4.74 Å². The van der Waals surface area contributed by atoms with Crippen molar-refractivity contribution in [1.29, 1.82) is 0 Å². The molecular formula is C31H30O. The van der Waals surface area contributed by atoms with Crippen LogP contribution in [0.15, 0.2) is 84.9 Å². The van der Waals surface area contributed by atoms with Crippen molar-refractivity contribution in [3.05, 3.63) is 102 Å². The topological polar surface area (TPSA) is 9.23 Å². The Morgan fingerprint density at radius 1 is 0.625 bits per heavy atom. The van der Waals surface area contributed by atoms with Gasteiger partial charge in [-0.1, -0.05) is 80.6 Å². The van der Waals surface area contributed by atoms with Crippen LogP contribution in [0.3, 0.4) is 0 Å². The molecule has 32 heavy (non-hydrogen) atoms. The van der Waals surface area contributed by atoms with Crippen LogP contribution in [-0.2, 0) is 6.42 Å². The van der Waals surface area contributed by atoms with E-state index < -0.39 is 0 Å². The minimum Gasteiger partial charge on any atom is -0.494 e. The predicted octanol–water partition coefficient (Wildman–Crippen LogP) is 8.04. The number of hydrogen-bond acceptors (Lipinski definition) is 1. The summed E-state index contributed by atoms with van der Waals surface area (Å²) in [4.78, 5) is 0. The maximum Gasteiger partial charge on any atom is 0.119 e. The zero-order valence-electron chi connectivity index (χ0n) is 19.0. The Kier molecular flexibility index (Phi) is 7.26. The van der Waals surface area contributed by atoms with Gasteiger partial charge in [0.25, 0.3) is 0 Å². The lowest BCUT2D eigenvalue weighted by atomic mass is 10.0. The van der Waals surface area contributed by atoms with Gasteiger partial charge in [0.05, 0.1) is 6.61 Å². The molecule has 0 aliphatic carbocycles. The molecule has 4 aromatic carbocycles. The summed E-state index contributed by atoms with van der Waals surface area (Å²) in [6.07, 6.45) is 4.66. The minimum absolute atomic E-state index is 0.748. The van der Waals surface area contributed by atoms with Gasteiger partial charge in [-0.15, -0.1) is 0 Å². The van der Waals surface area contributed by atoms with E-state index in [1.807, 2.05) is 6.07 Å². The highest BCUT2D eigenvalue weighted by Gasteiger charge is 2.00. The number of benzene rings is 4. The fourth-order valence-electron chi connectivity index (χ4n) is 3.75.